The molecular weight excluding hydrogens is 384 g/mol. The molecule has 1 aromatic carbocycles. The Morgan fingerprint density at radius 2 is 1.29 bits per heavy atom. The normalized spacial score (nSPS) is 18.8. The SMILES string of the molecule is O=C1C2=NC(=C1c1ccccc1)C=C1C=CC(=N1)C=c1ccc([nH]1)=CC1=NC(=C2)C=C1. The highest BCUT2D eigenvalue weighted by atomic mass is 16.1. The number of ketones is 1. The molecule has 31 heavy (non-hydrogen) atoms. The summed E-state index contributed by atoms with van der Waals surface area (Å²) in [5.41, 5.74) is 5.51. The van der Waals surface area contributed by atoms with Crippen molar-refractivity contribution in [3.8, 4) is 0 Å². The van der Waals surface area contributed by atoms with E-state index in [4.69, 9.17) is 0 Å². The van der Waals surface area contributed by atoms with Gasteiger partial charge in [0.2, 0.25) is 5.78 Å². The van der Waals surface area contributed by atoms with Crippen LogP contribution in [0.1, 0.15) is 5.56 Å². The fourth-order valence-electron chi connectivity index (χ4n) is 3.87. The second kappa shape index (κ2) is 6.85. The number of fused-ring (bicyclic) bond motifs is 5. The molecule has 5 heteroatoms. The number of aromatic nitrogens is 1. The van der Waals surface area contributed by atoms with Crippen LogP contribution in [-0.4, -0.2) is 27.9 Å². The summed E-state index contributed by atoms with van der Waals surface area (Å²) in [6.45, 7) is 0. The van der Waals surface area contributed by atoms with Crippen LogP contribution in [0.15, 0.2) is 111 Å². The maximum Gasteiger partial charge on any atom is 0.214 e. The van der Waals surface area contributed by atoms with E-state index in [1.54, 1.807) is 6.08 Å². The molecule has 4 aliphatic rings. The van der Waals surface area contributed by atoms with Gasteiger partial charge >= 0.3 is 0 Å². The molecule has 0 atom stereocenters. The van der Waals surface area contributed by atoms with Gasteiger partial charge in [0.1, 0.15) is 5.71 Å². The van der Waals surface area contributed by atoms with E-state index >= 15 is 0 Å². The molecule has 5 heterocycles. The van der Waals surface area contributed by atoms with Gasteiger partial charge in [-0.2, -0.15) is 0 Å². The molecule has 0 unspecified atom stereocenters. The summed E-state index contributed by atoms with van der Waals surface area (Å²) in [7, 11) is 0. The summed E-state index contributed by atoms with van der Waals surface area (Å²) in [5.74, 6) is -0.109. The number of nitrogens with one attached hydrogen (secondary N) is 1. The molecule has 1 aromatic heterocycles. The highest BCUT2D eigenvalue weighted by Crippen LogP contribution is 2.30. The van der Waals surface area contributed by atoms with Crippen molar-refractivity contribution in [1.82, 2.24) is 4.98 Å². The minimum Gasteiger partial charge on any atom is -0.355 e. The van der Waals surface area contributed by atoms with Crippen LogP contribution in [0, 0.1) is 0 Å². The lowest BCUT2D eigenvalue weighted by Gasteiger charge is -2.02. The monoisotopic (exact) mass is 400 g/mol. The molecule has 4 aliphatic heterocycles. The van der Waals surface area contributed by atoms with Crippen molar-refractivity contribution in [3.05, 3.63) is 112 Å². The quantitative estimate of drug-likeness (QED) is 0.786. The van der Waals surface area contributed by atoms with Gasteiger partial charge in [-0.05, 0) is 66.3 Å². The van der Waals surface area contributed by atoms with Crippen LogP contribution in [-0.2, 0) is 4.79 Å². The molecule has 0 saturated carbocycles. The lowest BCUT2D eigenvalue weighted by molar-refractivity contribution is -0.107. The zero-order chi connectivity index (χ0) is 20.8. The number of hydrogen-bond acceptors (Lipinski definition) is 4. The molecule has 8 bridgehead atoms. The van der Waals surface area contributed by atoms with Gasteiger partial charge in [0.25, 0.3) is 0 Å². The summed E-state index contributed by atoms with van der Waals surface area (Å²) in [5, 5.41) is 1.91. The van der Waals surface area contributed by atoms with Gasteiger partial charge in [0, 0.05) is 10.7 Å². The second-order valence-electron chi connectivity index (χ2n) is 7.49. The van der Waals surface area contributed by atoms with Crippen molar-refractivity contribution in [2.75, 3.05) is 0 Å². The van der Waals surface area contributed by atoms with Gasteiger partial charge in [-0.1, -0.05) is 30.3 Å². The zero-order valence-corrected chi connectivity index (χ0v) is 16.4. The third-order valence-electron chi connectivity index (χ3n) is 5.29. The zero-order valence-electron chi connectivity index (χ0n) is 16.4. The lowest BCUT2D eigenvalue weighted by Crippen LogP contribution is -2.12. The van der Waals surface area contributed by atoms with Crippen LogP contribution in [0.2, 0.25) is 0 Å². The van der Waals surface area contributed by atoms with Crippen LogP contribution in [0.3, 0.4) is 0 Å². The number of Topliss-reactive ketones (excluding diaryl/α,β-unsaturated/α-hetero) is 1. The van der Waals surface area contributed by atoms with E-state index in [1.807, 2.05) is 85.0 Å². The summed E-state index contributed by atoms with van der Waals surface area (Å²) in [4.78, 5) is 30.6. The number of H-pyrrole nitrogens is 1. The predicted molar refractivity (Wildman–Crippen MR) is 124 cm³/mol. The Bertz CT molecular complexity index is 1520. The highest BCUT2D eigenvalue weighted by molar-refractivity contribution is 6.61. The number of allylic oxidation sites excluding steroid dienone is 7. The number of carbonyl (C=O) groups is 1. The van der Waals surface area contributed by atoms with Crippen molar-refractivity contribution in [2.24, 2.45) is 15.0 Å². The molecule has 6 rings (SSSR count). The van der Waals surface area contributed by atoms with E-state index in [1.165, 1.54) is 0 Å². The first-order valence-corrected chi connectivity index (χ1v) is 10.00. The third-order valence-corrected chi connectivity index (χ3v) is 5.29. The van der Waals surface area contributed by atoms with E-state index in [9.17, 15) is 4.79 Å². The van der Waals surface area contributed by atoms with Crippen molar-refractivity contribution >= 4 is 40.6 Å². The highest BCUT2D eigenvalue weighted by Gasteiger charge is 2.27. The fourth-order valence-corrected chi connectivity index (χ4v) is 3.87. The van der Waals surface area contributed by atoms with E-state index in [-0.39, 0.29) is 5.78 Å². The smallest absolute Gasteiger partial charge is 0.214 e. The van der Waals surface area contributed by atoms with E-state index in [0.29, 0.717) is 22.7 Å². The average molecular weight is 400 g/mol. The number of nitrogens with zero attached hydrogens (tertiary/aromatic N) is 3. The summed E-state index contributed by atoms with van der Waals surface area (Å²) >= 11 is 0. The molecular formula is C26H16N4O. The first-order valence-electron chi connectivity index (χ1n) is 10.00. The number of hydrogen-bond donors (Lipinski definition) is 1. The predicted octanol–water partition coefficient (Wildman–Crippen LogP) is 2.81. The Morgan fingerprint density at radius 3 is 1.97 bits per heavy atom. The van der Waals surface area contributed by atoms with Crippen LogP contribution in [0.25, 0.3) is 17.7 Å². The molecule has 5 nitrogen and oxygen atoms in total. The molecule has 1 N–H and O–H groups in total. The minimum atomic E-state index is -0.109. The summed E-state index contributed by atoms with van der Waals surface area (Å²) in [6, 6.07) is 13.6. The molecule has 146 valence electrons. The standard InChI is InChI=1S/C26H16N4O/c31-26-24-15-22-11-9-20(29-22)13-18-7-6-17(27-18)12-19-8-10-21(28-19)14-23(30-24)25(26)16-4-2-1-3-5-16/h1-15,27H. The Hall–Kier alpha value is -4.38. The molecule has 0 radical (unpaired) electrons. The van der Waals surface area contributed by atoms with Gasteiger partial charge in [0.15, 0.2) is 0 Å². The Morgan fingerprint density at radius 1 is 0.645 bits per heavy atom. The van der Waals surface area contributed by atoms with E-state index in [2.05, 4.69) is 20.0 Å². The lowest BCUT2D eigenvalue weighted by atomic mass is 9.98. The van der Waals surface area contributed by atoms with E-state index < -0.39 is 0 Å². The molecule has 0 fully saturated rings. The Labute approximate surface area is 178 Å². The fraction of sp³-hybridized carbons (Fsp3) is 0. The van der Waals surface area contributed by atoms with Crippen LogP contribution in [0.5, 0.6) is 0 Å². The van der Waals surface area contributed by atoms with Crippen LogP contribution < -0.4 is 10.7 Å². The van der Waals surface area contributed by atoms with Crippen molar-refractivity contribution in [3.63, 3.8) is 0 Å². The van der Waals surface area contributed by atoms with Gasteiger partial charge in [-0.15, -0.1) is 0 Å². The van der Waals surface area contributed by atoms with Crippen molar-refractivity contribution in [1.29, 1.82) is 0 Å². The maximum atomic E-state index is 13.3. The molecule has 0 spiro atoms. The van der Waals surface area contributed by atoms with Gasteiger partial charge < -0.3 is 4.98 Å². The van der Waals surface area contributed by atoms with Gasteiger partial charge in [0.05, 0.1) is 34.1 Å². The Kier molecular flexibility index (Phi) is 3.86. The van der Waals surface area contributed by atoms with Gasteiger partial charge in [-0.25, -0.2) is 15.0 Å². The first-order chi connectivity index (χ1) is 15.2. The number of carbonyl (C=O) groups excluding carboxylic acids is 1. The van der Waals surface area contributed by atoms with Crippen LogP contribution >= 0.6 is 0 Å². The third kappa shape index (κ3) is 3.22. The number of aliphatic imine (C=N–C) groups is 3. The Balaban J connectivity index is 1.57. The van der Waals surface area contributed by atoms with Crippen molar-refractivity contribution in [2.45, 2.75) is 0 Å². The molecule has 0 saturated heterocycles. The summed E-state index contributed by atoms with van der Waals surface area (Å²) in [6.07, 6.45) is 15.3. The average Bonchev–Trinajstić information content (AvgIpc) is 3.55. The first kappa shape index (κ1) is 17.5. The number of aromatic amines is 1. The number of benzene rings is 1. The molecule has 0 amide bonds. The largest absolute Gasteiger partial charge is 0.355 e. The number of rotatable bonds is 1. The van der Waals surface area contributed by atoms with Crippen molar-refractivity contribution < 1.29 is 4.79 Å². The topological polar surface area (TPSA) is 69.9 Å². The molecule has 0 aliphatic carbocycles. The minimum absolute atomic E-state index is 0.109. The molecule has 2 aromatic rings. The maximum absolute atomic E-state index is 13.3. The van der Waals surface area contributed by atoms with Gasteiger partial charge in [-0.3, -0.25) is 4.79 Å². The second-order valence-corrected chi connectivity index (χ2v) is 7.49. The summed E-state index contributed by atoms with van der Waals surface area (Å²) < 4.78 is 0. The van der Waals surface area contributed by atoms with Crippen LogP contribution in [0.4, 0.5) is 0 Å². The van der Waals surface area contributed by atoms with E-state index in [0.717, 1.165) is 33.4 Å².